The monoisotopic (exact) mass is 244 g/mol. The predicted octanol–water partition coefficient (Wildman–Crippen LogP) is 2.46. The van der Waals surface area contributed by atoms with Gasteiger partial charge in [-0.25, -0.2) is 0 Å². The molecule has 0 saturated heterocycles. The van der Waals surface area contributed by atoms with E-state index >= 15 is 0 Å². The molecule has 0 aromatic heterocycles. The Bertz CT molecular complexity index is 376. The number of hydrogen-bond acceptors (Lipinski definition) is 2. The van der Waals surface area contributed by atoms with E-state index in [0.29, 0.717) is 35.2 Å². The van der Waals surface area contributed by atoms with Crippen LogP contribution in [0.2, 0.25) is 0 Å². The number of carbonyl (C=O) groups is 2. The normalized spacial score (nSPS) is 60.2. The summed E-state index contributed by atoms with van der Waals surface area (Å²) in [4.78, 5) is 25.7. The Kier molecular flexibility index (Phi) is 1.74. The van der Waals surface area contributed by atoms with Crippen molar-refractivity contribution in [3.8, 4) is 0 Å². The molecule has 0 N–H and O–H groups in total. The Hall–Kier alpha value is -0.660. The maximum Gasteiger partial charge on any atom is 0.141 e. The number of fused-ring (bicyclic) bond motifs is 10. The summed E-state index contributed by atoms with van der Waals surface area (Å²) in [6, 6.07) is 0. The molecule has 8 atom stereocenters. The van der Waals surface area contributed by atoms with Gasteiger partial charge in [0.05, 0.1) is 0 Å². The average molecular weight is 244 g/mol. The molecule has 2 nitrogen and oxygen atoms in total. The topological polar surface area (TPSA) is 34.1 Å². The van der Waals surface area contributed by atoms with Gasteiger partial charge in [-0.1, -0.05) is 0 Å². The first kappa shape index (κ1) is 10.2. The molecule has 0 aliphatic heterocycles. The van der Waals surface area contributed by atoms with Crippen molar-refractivity contribution in [2.75, 3.05) is 0 Å². The summed E-state index contributed by atoms with van der Waals surface area (Å²) in [5.41, 5.74) is 0. The smallest absolute Gasteiger partial charge is 0.141 e. The van der Waals surface area contributed by atoms with Crippen LogP contribution in [0, 0.1) is 47.3 Å². The molecule has 0 aromatic carbocycles. The Morgan fingerprint density at radius 2 is 0.833 bits per heavy atom. The molecule has 0 aromatic rings. The molecular weight excluding hydrogens is 224 g/mol. The van der Waals surface area contributed by atoms with Gasteiger partial charge in [0.2, 0.25) is 0 Å². The number of Topliss-reactive ketones (excluding diaryl/α,β-unsaturated/α-hetero) is 2. The molecule has 5 saturated carbocycles. The lowest BCUT2D eigenvalue weighted by Crippen LogP contribution is -2.51. The molecule has 4 bridgehead atoms. The second-order valence-corrected chi connectivity index (χ2v) is 7.57. The van der Waals surface area contributed by atoms with Crippen LogP contribution in [-0.2, 0) is 9.59 Å². The quantitative estimate of drug-likeness (QED) is 0.656. The van der Waals surface area contributed by atoms with Crippen molar-refractivity contribution in [3.63, 3.8) is 0 Å². The van der Waals surface area contributed by atoms with E-state index in [1.807, 2.05) is 0 Å². The van der Waals surface area contributed by atoms with E-state index in [-0.39, 0.29) is 23.7 Å². The summed E-state index contributed by atoms with van der Waals surface area (Å²) in [6.45, 7) is 0. The highest BCUT2D eigenvalue weighted by atomic mass is 16.1. The van der Waals surface area contributed by atoms with E-state index in [2.05, 4.69) is 0 Å². The van der Waals surface area contributed by atoms with Gasteiger partial charge in [-0.05, 0) is 62.2 Å². The van der Waals surface area contributed by atoms with Crippen molar-refractivity contribution in [1.82, 2.24) is 0 Å². The zero-order valence-corrected chi connectivity index (χ0v) is 10.7. The fourth-order valence-electron chi connectivity index (χ4n) is 6.66. The standard InChI is InChI=1S/C16H20O2/c17-15-11-7-1-2-8(5-7)12(11)16(18)14-10-4-3-9(6-10)13(14)15/h7-14H,1-6H2/t7-,8+,9-,10+,11-,12+,13-,14+. The Morgan fingerprint density at radius 1 is 0.556 bits per heavy atom. The fraction of sp³-hybridized carbons (Fsp3) is 0.875. The largest absolute Gasteiger partial charge is 0.299 e. The first-order valence-electron chi connectivity index (χ1n) is 7.83. The van der Waals surface area contributed by atoms with Crippen molar-refractivity contribution in [3.05, 3.63) is 0 Å². The molecule has 5 rings (SSSR count). The molecule has 2 heteroatoms. The lowest BCUT2D eigenvalue weighted by Gasteiger charge is -2.42. The van der Waals surface area contributed by atoms with Crippen LogP contribution >= 0.6 is 0 Å². The van der Waals surface area contributed by atoms with E-state index in [0.717, 1.165) is 0 Å². The molecule has 0 unspecified atom stereocenters. The second-order valence-electron chi connectivity index (χ2n) is 7.57. The van der Waals surface area contributed by atoms with Crippen LogP contribution in [-0.4, -0.2) is 11.6 Å². The maximum absolute atomic E-state index is 12.9. The summed E-state index contributed by atoms with van der Waals surface area (Å²) < 4.78 is 0. The van der Waals surface area contributed by atoms with Gasteiger partial charge in [-0.15, -0.1) is 0 Å². The third kappa shape index (κ3) is 0.959. The minimum absolute atomic E-state index is 0.164. The number of rotatable bonds is 0. The van der Waals surface area contributed by atoms with E-state index in [9.17, 15) is 9.59 Å². The van der Waals surface area contributed by atoms with Crippen LogP contribution in [0.5, 0.6) is 0 Å². The van der Waals surface area contributed by atoms with E-state index < -0.39 is 0 Å². The molecule has 5 aliphatic rings. The number of ketones is 2. The van der Waals surface area contributed by atoms with Crippen molar-refractivity contribution < 1.29 is 9.59 Å². The molecule has 5 fully saturated rings. The summed E-state index contributed by atoms with van der Waals surface area (Å²) in [6.07, 6.45) is 7.24. The zero-order valence-electron chi connectivity index (χ0n) is 10.7. The van der Waals surface area contributed by atoms with Gasteiger partial charge >= 0.3 is 0 Å². The van der Waals surface area contributed by atoms with Gasteiger partial charge in [-0.2, -0.15) is 0 Å². The van der Waals surface area contributed by atoms with Crippen molar-refractivity contribution in [2.24, 2.45) is 47.3 Å². The summed E-state index contributed by atoms with van der Waals surface area (Å²) >= 11 is 0. The lowest BCUT2D eigenvalue weighted by molar-refractivity contribution is -0.152. The highest BCUT2D eigenvalue weighted by Gasteiger charge is 2.65. The molecule has 0 radical (unpaired) electrons. The summed E-state index contributed by atoms with van der Waals surface area (Å²) in [5, 5.41) is 0. The average Bonchev–Trinajstić information content (AvgIpc) is 3.10. The van der Waals surface area contributed by atoms with Crippen LogP contribution < -0.4 is 0 Å². The van der Waals surface area contributed by atoms with Gasteiger partial charge in [0.25, 0.3) is 0 Å². The van der Waals surface area contributed by atoms with Crippen molar-refractivity contribution >= 4 is 11.6 Å². The second kappa shape index (κ2) is 3.08. The van der Waals surface area contributed by atoms with Gasteiger partial charge in [0, 0.05) is 23.7 Å². The summed E-state index contributed by atoms with van der Waals surface area (Å²) in [7, 11) is 0. The molecule has 0 amide bonds. The molecular formula is C16H20O2. The number of hydrogen-bond donors (Lipinski definition) is 0. The Balaban J connectivity index is 1.61. The SMILES string of the molecule is O=C1[C@@H]2[C@@H]3CC[C@@H](C3)[C@@H]2C(=O)[C@H]2[C@H]3CC[C@H](C3)[C@@H]12. The van der Waals surface area contributed by atoms with Crippen molar-refractivity contribution in [2.45, 2.75) is 38.5 Å². The zero-order chi connectivity index (χ0) is 12.0. The van der Waals surface area contributed by atoms with Crippen molar-refractivity contribution in [1.29, 1.82) is 0 Å². The molecule has 96 valence electrons. The highest BCUT2D eigenvalue weighted by Crippen LogP contribution is 2.63. The molecule has 0 spiro atoms. The fourth-order valence-corrected chi connectivity index (χ4v) is 6.66. The van der Waals surface area contributed by atoms with E-state index in [1.54, 1.807) is 0 Å². The third-order valence-electron chi connectivity index (χ3n) is 7.15. The van der Waals surface area contributed by atoms with Crippen LogP contribution in [0.1, 0.15) is 38.5 Å². The van der Waals surface area contributed by atoms with Crippen LogP contribution in [0.3, 0.4) is 0 Å². The van der Waals surface area contributed by atoms with Crippen LogP contribution in [0.4, 0.5) is 0 Å². The Labute approximate surface area is 108 Å². The third-order valence-corrected chi connectivity index (χ3v) is 7.15. The van der Waals surface area contributed by atoms with Gasteiger partial charge in [0.1, 0.15) is 11.6 Å². The first-order valence-corrected chi connectivity index (χ1v) is 7.83. The maximum atomic E-state index is 12.9. The predicted molar refractivity (Wildman–Crippen MR) is 65.6 cm³/mol. The highest BCUT2D eigenvalue weighted by molar-refractivity contribution is 6.01. The summed E-state index contributed by atoms with van der Waals surface area (Å²) in [5.74, 6) is 4.04. The van der Waals surface area contributed by atoms with E-state index in [4.69, 9.17) is 0 Å². The van der Waals surface area contributed by atoms with Gasteiger partial charge in [-0.3, -0.25) is 9.59 Å². The minimum Gasteiger partial charge on any atom is -0.299 e. The van der Waals surface area contributed by atoms with Crippen LogP contribution in [0.25, 0.3) is 0 Å². The minimum atomic E-state index is 0.164. The molecule has 18 heavy (non-hydrogen) atoms. The molecule has 0 heterocycles. The lowest BCUT2D eigenvalue weighted by atomic mass is 9.58. The van der Waals surface area contributed by atoms with E-state index in [1.165, 1.54) is 38.5 Å². The first-order chi connectivity index (χ1) is 8.75. The van der Waals surface area contributed by atoms with Gasteiger partial charge < -0.3 is 0 Å². The Morgan fingerprint density at radius 3 is 1.11 bits per heavy atom. The molecule has 5 aliphatic carbocycles. The number of carbonyl (C=O) groups excluding carboxylic acids is 2. The van der Waals surface area contributed by atoms with Crippen LogP contribution in [0.15, 0.2) is 0 Å². The van der Waals surface area contributed by atoms with Gasteiger partial charge in [0.15, 0.2) is 0 Å².